The second-order valence-electron chi connectivity index (χ2n) is 4.48. The molecule has 1 aliphatic carbocycles. The van der Waals surface area contributed by atoms with Crippen LogP contribution in [0.15, 0.2) is 0 Å². The normalized spacial score (nSPS) is 25.9. The highest BCUT2D eigenvalue weighted by Crippen LogP contribution is 2.29. The van der Waals surface area contributed by atoms with Crippen molar-refractivity contribution < 1.29 is 4.79 Å². The van der Waals surface area contributed by atoms with E-state index in [1.165, 1.54) is 0 Å². The number of rotatable bonds is 5. The van der Waals surface area contributed by atoms with E-state index in [-0.39, 0.29) is 0 Å². The number of nitrogens with two attached hydrogens (primary N) is 1. The van der Waals surface area contributed by atoms with Gasteiger partial charge in [-0.15, -0.1) is 12.3 Å². The Balaban J connectivity index is 2.21. The molecular weight excluding hydrogens is 186 g/mol. The zero-order valence-corrected chi connectivity index (χ0v) is 9.37. The number of hydrogen-bond acceptors (Lipinski definition) is 2. The fraction of sp³-hybridized carbons (Fsp3) is 0.769. The van der Waals surface area contributed by atoms with Gasteiger partial charge in [-0.25, -0.2) is 0 Å². The zero-order valence-electron chi connectivity index (χ0n) is 9.37. The van der Waals surface area contributed by atoms with Crippen molar-refractivity contribution in [1.29, 1.82) is 0 Å². The molecule has 0 aliphatic heterocycles. The van der Waals surface area contributed by atoms with Crippen LogP contribution in [0.25, 0.3) is 0 Å². The van der Waals surface area contributed by atoms with Crippen LogP contribution in [0.2, 0.25) is 0 Å². The van der Waals surface area contributed by atoms with E-state index < -0.39 is 0 Å². The number of carbonyl (C=O) groups excluding carboxylic acids is 1. The Morgan fingerprint density at radius 2 is 2.00 bits per heavy atom. The minimum absolute atomic E-state index is 0.297. The Morgan fingerprint density at radius 1 is 1.33 bits per heavy atom. The summed E-state index contributed by atoms with van der Waals surface area (Å²) in [5, 5.41) is 0. The monoisotopic (exact) mass is 207 g/mol. The molecule has 0 aromatic heterocycles. The van der Waals surface area contributed by atoms with Gasteiger partial charge in [-0.1, -0.05) is 0 Å². The predicted octanol–water partition coefficient (Wildman–Crippen LogP) is 2.12. The van der Waals surface area contributed by atoms with E-state index in [1.54, 1.807) is 0 Å². The largest absolute Gasteiger partial charge is 0.330 e. The molecule has 1 saturated carbocycles. The van der Waals surface area contributed by atoms with Crippen LogP contribution in [0, 0.1) is 24.2 Å². The third-order valence-electron chi connectivity index (χ3n) is 3.38. The molecule has 0 amide bonds. The first kappa shape index (κ1) is 12.3. The van der Waals surface area contributed by atoms with Crippen molar-refractivity contribution in [2.45, 2.75) is 44.9 Å². The van der Waals surface area contributed by atoms with Crippen molar-refractivity contribution >= 4 is 5.78 Å². The van der Waals surface area contributed by atoms with Crippen LogP contribution in [0.1, 0.15) is 44.9 Å². The first-order valence-corrected chi connectivity index (χ1v) is 5.94. The molecule has 0 bridgehead atoms. The Morgan fingerprint density at radius 3 is 2.53 bits per heavy atom. The van der Waals surface area contributed by atoms with Crippen LogP contribution < -0.4 is 5.73 Å². The number of ketones is 1. The second-order valence-corrected chi connectivity index (χ2v) is 4.48. The van der Waals surface area contributed by atoms with Crippen molar-refractivity contribution in [3.05, 3.63) is 0 Å². The van der Waals surface area contributed by atoms with E-state index in [2.05, 4.69) is 5.92 Å². The summed E-state index contributed by atoms with van der Waals surface area (Å²) in [4.78, 5) is 11.8. The van der Waals surface area contributed by atoms with Gasteiger partial charge in [0.15, 0.2) is 0 Å². The predicted molar refractivity (Wildman–Crippen MR) is 62.2 cm³/mol. The molecule has 0 heterocycles. The molecule has 1 aliphatic rings. The molecule has 1 rings (SSSR count). The number of hydrogen-bond donors (Lipinski definition) is 1. The number of unbranched alkanes of at least 4 members (excludes halogenated alkanes) is 1. The number of carbonyl (C=O) groups is 1. The van der Waals surface area contributed by atoms with Gasteiger partial charge in [0.2, 0.25) is 0 Å². The lowest BCUT2D eigenvalue weighted by Crippen LogP contribution is -2.25. The molecule has 15 heavy (non-hydrogen) atoms. The minimum Gasteiger partial charge on any atom is -0.330 e. The molecular formula is C13H21NO. The second kappa shape index (κ2) is 6.63. The summed E-state index contributed by atoms with van der Waals surface area (Å²) in [6.07, 6.45) is 11.7. The van der Waals surface area contributed by atoms with Crippen molar-refractivity contribution in [2.75, 3.05) is 6.54 Å². The standard InChI is InChI=1S/C13H21NO/c1-2-3-4-5-13(15)12-8-6-11(10-14)7-9-12/h1,11-12H,3-10,14H2. The zero-order chi connectivity index (χ0) is 11.1. The number of Topliss-reactive ketones (excluding diaryl/α,β-unsaturated/α-hetero) is 1. The van der Waals surface area contributed by atoms with E-state index >= 15 is 0 Å². The SMILES string of the molecule is C#CCCCC(=O)C1CCC(CN)CC1. The molecule has 0 radical (unpaired) electrons. The summed E-state index contributed by atoms with van der Waals surface area (Å²) < 4.78 is 0. The fourth-order valence-electron chi connectivity index (χ4n) is 2.29. The third-order valence-corrected chi connectivity index (χ3v) is 3.38. The lowest BCUT2D eigenvalue weighted by atomic mass is 9.79. The van der Waals surface area contributed by atoms with E-state index in [0.717, 1.165) is 45.1 Å². The Labute approximate surface area is 92.6 Å². The van der Waals surface area contributed by atoms with Crippen molar-refractivity contribution in [3.63, 3.8) is 0 Å². The Hall–Kier alpha value is -0.810. The van der Waals surface area contributed by atoms with Crippen LogP contribution >= 0.6 is 0 Å². The topological polar surface area (TPSA) is 43.1 Å². The lowest BCUT2D eigenvalue weighted by molar-refractivity contribution is -0.124. The van der Waals surface area contributed by atoms with Crippen LogP contribution in [0.4, 0.5) is 0 Å². The fourth-order valence-corrected chi connectivity index (χ4v) is 2.29. The maximum absolute atomic E-state index is 11.8. The molecule has 1 fully saturated rings. The Bertz CT molecular complexity index is 233. The van der Waals surface area contributed by atoms with E-state index in [4.69, 9.17) is 12.2 Å². The molecule has 0 aromatic carbocycles. The summed E-state index contributed by atoms with van der Waals surface area (Å²) in [5.74, 6) is 3.94. The highest BCUT2D eigenvalue weighted by molar-refractivity contribution is 5.81. The molecule has 0 aromatic rings. The van der Waals surface area contributed by atoms with Crippen LogP contribution in [-0.2, 0) is 4.79 Å². The molecule has 0 unspecified atom stereocenters. The van der Waals surface area contributed by atoms with Gasteiger partial charge in [-0.3, -0.25) is 4.79 Å². The number of terminal acetylenes is 1. The lowest BCUT2D eigenvalue weighted by Gasteiger charge is -2.26. The molecule has 0 saturated heterocycles. The Kier molecular flexibility index (Phi) is 5.42. The van der Waals surface area contributed by atoms with Gasteiger partial charge in [0, 0.05) is 18.8 Å². The summed E-state index contributed by atoms with van der Waals surface area (Å²) in [7, 11) is 0. The van der Waals surface area contributed by atoms with E-state index in [0.29, 0.717) is 24.0 Å². The summed E-state index contributed by atoms with van der Waals surface area (Å²) in [6.45, 7) is 0.776. The van der Waals surface area contributed by atoms with E-state index in [1.807, 2.05) is 0 Å². The first-order chi connectivity index (χ1) is 7.27. The molecule has 2 N–H and O–H groups in total. The van der Waals surface area contributed by atoms with Gasteiger partial charge < -0.3 is 5.73 Å². The smallest absolute Gasteiger partial charge is 0.136 e. The van der Waals surface area contributed by atoms with Crippen molar-refractivity contribution in [1.82, 2.24) is 0 Å². The van der Waals surface area contributed by atoms with Crippen LogP contribution in [-0.4, -0.2) is 12.3 Å². The molecule has 2 nitrogen and oxygen atoms in total. The maximum atomic E-state index is 11.8. The summed E-state index contributed by atoms with van der Waals surface area (Å²) in [6, 6.07) is 0. The molecule has 2 heteroatoms. The van der Waals surface area contributed by atoms with Gasteiger partial charge in [0.1, 0.15) is 5.78 Å². The van der Waals surface area contributed by atoms with Gasteiger partial charge in [-0.2, -0.15) is 0 Å². The minimum atomic E-state index is 0.297. The first-order valence-electron chi connectivity index (χ1n) is 5.94. The highest BCUT2D eigenvalue weighted by Gasteiger charge is 2.24. The summed E-state index contributed by atoms with van der Waals surface area (Å²) in [5.41, 5.74) is 5.62. The molecule has 0 spiro atoms. The van der Waals surface area contributed by atoms with Crippen molar-refractivity contribution in [3.8, 4) is 12.3 Å². The average molecular weight is 207 g/mol. The van der Waals surface area contributed by atoms with Crippen LogP contribution in [0.5, 0.6) is 0 Å². The quantitative estimate of drug-likeness (QED) is 0.554. The average Bonchev–Trinajstić information content (AvgIpc) is 2.29. The molecule has 84 valence electrons. The van der Waals surface area contributed by atoms with Crippen LogP contribution in [0.3, 0.4) is 0 Å². The summed E-state index contributed by atoms with van der Waals surface area (Å²) >= 11 is 0. The third kappa shape index (κ3) is 4.05. The van der Waals surface area contributed by atoms with Gasteiger partial charge in [0.05, 0.1) is 0 Å². The van der Waals surface area contributed by atoms with Gasteiger partial charge >= 0.3 is 0 Å². The molecule has 0 atom stereocenters. The maximum Gasteiger partial charge on any atom is 0.136 e. The van der Waals surface area contributed by atoms with E-state index in [9.17, 15) is 4.79 Å². The van der Waals surface area contributed by atoms with Gasteiger partial charge in [0.25, 0.3) is 0 Å². The van der Waals surface area contributed by atoms with Gasteiger partial charge in [-0.05, 0) is 44.6 Å². The van der Waals surface area contributed by atoms with Crippen molar-refractivity contribution in [2.24, 2.45) is 17.6 Å². The highest BCUT2D eigenvalue weighted by atomic mass is 16.1.